The van der Waals surface area contributed by atoms with Crippen LogP contribution in [0.3, 0.4) is 0 Å². The minimum Gasteiger partial charge on any atom is -0.788 e. The normalized spacial score (nSPS) is 15.1. The van der Waals surface area contributed by atoms with Crippen molar-refractivity contribution in [2.45, 2.75) is 19.0 Å². The molecule has 0 saturated carbocycles. The molecule has 8 heteroatoms. The molecule has 1 aromatic heterocycles. The lowest BCUT2D eigenvalue weighted by atomic mass is 10.1. The summed E-state index contributed by atoms with van der Waals surface area (Å²) in [5.41, 5.74) is -0.453. The van der Waals surface area contributed by atoms with E-state index in [-0.39, 0.29) is 11.7 Å². The van der Waals surface area contributed by atoms with Gasteiger partial charge in [0.2, 0.25) is 6.19 Å². The SMILES string of the molecule is C[C@@H](C[S@]([O-])=NC#N)c1ccc(C(F)(F)F)nc1. The predicted molar refractivity (Wildman–Crippen MR) is 58.7 cm³/mol. The largest absolute Gasteiger partial charge is 0.788 e. The van der Waals surface area contributed by atoms with Gasteiger partial charge in [0.15, 0.2) is 0 Å². The molecule has 0 radical (unpaired) electrons. The highest BCUT2D eigenvalue weighted by Crippen LogP contribution is 2.28. The van der Waals surface area contributed by atoms with Crippen molar-refractivity contribution >= 4 is 11.0 Å². The summed E-state index contributed by atoms with van der Waals surface area (Å²) in [5.74, 6) is -0.224. The fraction of sp³-hybridized carbons (Fsp3) is 0.400. The first-order chi connectivity index (χ1) is 8.34. The standard InChI is InChI=1S/C10H9F3N3OS/c1-7(5-18(17)16-6-14)8-2-3-9(15-4-8)10(11,12)13/h2-4,7H,5H2,1H3/q-1/t7-,18-/m0/s1. The smallest absolute Gasteiger partial charge is 0.433 e. The average Bonchev–Trinajstić information content (AvgIpc) is 2.28. The molecule has 0 amide bonds. The first kappa shape index (κ1) is 14.6. The van der Waals surface area contributed by atoms with Crippen LogP contribution in [-0.4, -0.2) is 15.3 Å². The van der Waals surface area contributed by atoms with Crippen LogP contribution in [0.15, 0.2) is 22.7 Å². The Labute approximate surface area is 104 Å². The van der Waals surface area contributed by atoms with Gasteiger partial charge >= 0.3 is 6.18 Å². The summed E-state index contributed by atoms with van der Waals surface area (Å²) in [6, 6.07) is 2.15. The van der Waals surface area contributed by atoms with Crippen molar-refractivity contribution in [2.24, 2.45) is 4.36 Å². The second-order valence-corrected chi connectivity index (χ2v) is 4.71. The maximum Gasteiger partial charge on any atom is 0.433 e. The molecule has 0 N–H and O–H groups in total. The number of aromatic nitrogens is 1. The van der Waals surface area contributed by atoms with Crippen molar-refractivity contribution in [1.29, 1.82) is 5.26 Å². The van der Waals surface area contributed by atoms with Gasteiger partial charge in [-0.3, -0.25) is 4.98 Å². The molecule has 0 aliphatic rings. The van der Waals surface area contributed by atoms with Gasteiger partial charge in [0, 0.05) is 6.20 Å². The van der Waals surface area contributed by atoms with Crippen molar-refractivity contribution in [1.82, 2.24) is 4.98 Å². The Morgan fingerprint density at radius 3 is 2.67 bits per heavy atom. The lowest BCUT2D eigenvalue weighted by Crippen LogP contribution is -2.10. The minimum atomic E-state index is -4.47. The molecule has 0 unspecified atom stereocenters. The van der Waals surface area contributed by atoms with E-state index < -0.39 is 22.8 Å². The first-order valence-electron chi connectivity index (χ1n) is 4.86. The molecule has 1 aromatic rings. The molecule has 18 heavy (non-hydrogen) atoms. The van der Waals surface area contributed by atoms with E-state index in [9.17, 15) is 17.7 Å². The van der Waals surface area contributed by atoms with Crippen molar-refractivity contribution in [3.63, 3.8) is 0 Å². The van der Waals surface area contributed by atoms with E-state index in [1.54, 1.807) is 6.92 Å². The third kappa shape index (κ3) is 4.09. The molecule has 0 bridgehead atoms. The quantitative estimate of drug-likeness (QED) is 0.796. The summed E-state index contributed by atoms with van der Waals surface area (Å²) in [6.07, 6.45) is -1.96. The Balaban J connectivity index is 2.80. The molecule has 0 aliphatic carbocycles. The topological polar surface area (TPSA) is 72.1 Å². The molecule has 0 aromatic carbocycles. The number of hydrogen-bond acceptors (Lipinski definition) is 4. The summed E-state index contributed by atoms with van der Waals surface area (Å²) in [7, 11) is -1.66. The van der Waals surface area contributed by atoms with Gasteiger partial charge in [0.25, 0.3) is 0 Å². The lowest BCUT2D eigenvalue weighted by molar-refractivity contribution is -0.141. The fourth-order valence-corrected chi connectivity index (χ4v) is 2.04. The van der Waals surface area contributed by atoms with Gasteiger partial charge in [0.1, 0.15) is 5.69 Å². The Morgan fingerprint density at radius 2 is 2.22 bits per heavy atom. The third-order valence-corrected chi connectivity index (χ3v) is 3.25. The average molecular weight is 276 g/mol. The van der Waals surface area contributed by atoms with Crippen LogP contribution in [0.2, 0.25) is 0 Å². The molecule has 1 heterocycles. The van der Waals surface area contributed by atoms with Gasteiger partial charge in [-0.25, -0.2) is 0 Å². The van der Waals surface area contributed by atoms with E-state index in [0.29, 0.717) is 5.56 Å². The van der Waals surface area contributed by atoms with E-state index in [0.717, 1.165) is 12.3 Å². The van der Waals surface area contributed by atoms with Gasteiger partial charge in [0.05, 0.1) is 0 Å². The number of rotatable bonds is 3. The van der Waals surface area contributed by atoms with Gasteiger partial charge in [-0.2, -0.15) is 33.8 Å². The second-order valence-electron chi connectivity index (χ2n) is 3.56. The first-order valence-corrected chi connectivity index (χ1v) is 6.13. The monoisotopic (exact) mass is 276 g/mol. The highest BCUT2D eigenvalue weighted by molar-refractivity contribution is 7.81. The van der Waals surface area contributed by atoms with Gasteiger partial charge in [-0.15, -0.1) is 0 Å². The van der Waals surface area contributed by atoms with E-state index in [2.05, 4.69) is 9.35 Å². The summed E-state index contributed by atoms with van der Waals surface area (Å²) < 4.78 is 51.1. The Hall–Kier alpha value is -1.46. The minimum absolute atomic E-state index is 0.0700. The molecule has 0 saturated heterocycles. The maximum absolute atomic E-state index is 12.3. The van der Waals surface area contributed by atoms with E-state index in [1.165, 1.54) is 12.3 Å². The highest BCUT2D eigenvalue weighted by atomic mass is 32.2. The number of hydrogen-bond donors (Lipinski definition) is 0. The van der Waals surface area contributed by atoms with Gasteiger partial charge in [-0.1, -0.05) is 13.0 Å². The van der Waals surface area contributed by atoms with E-state index in [4.69, 9.17) is 5.26 Å². The van der Waals surface area contributed by atoms with Crippen LogP contribution in [0, 0.1) is 11.5 Å². The fourth-order valence-electron chi connectivity index (χ4n) is 1.26. The number of nitriles is 1. The van der Waals surface area contributed by atoms with Gasteiger partial charge in [-0.05, 0) is 23.3 Å². The summed E-state index contributed by atoms with van der Waals surface area (Å²) in [5, 5.41) is 8.20. The number of halogens is 3. The van der Waals surface area contributed by atoms with Crippen LogP contribution in [-0.2, 0) is 17.1 Å². The summed E-state index contributed by atoms with van der Waals surface area (Å²) >= 11 is 0. The molecule has 2 atom stereocenters. The zero-order valence-corrected chi connectivity index (χ0v) is 10.1. The lowest BCUT2D eigenvalue weighted by Gasteiger charge is -2.17. The van der Waals surface area contributed by atoms with E-state index in [1.807, 2.05) is 0 Å². The zero-order valence-electron chi connectivity index (χ0n) is 9.31. The molecular formula is C10H9F3N3OS-. The van der Waals surface area contributed by atoms with Crippen molar-refractivity contribution in [3.05, 3.63) is 29.6 Å². The molecule has 0 spiro atoms. The molecular weight excluding hydrogens is 267 g/mol. The highest BCUT2D eigenvalue weighted by Gasteiger charge is 2.32. The number of alkyl halides is 3. The molecule has 4 nitrogen and oxygen atoms in total. The Bertz CT molecular complexity index is 479. The van der Waals surface area contributed by atoms with Crippen molar-refractivity contribution < 1.29 is 17.7 Å². The summed E-state index contributed by atoms with van der Waals surface area (Å²) in [4.78, 5) is 3.30. The van der Waals surface area contributed by atoms with Crippen LogP contribution in [0.5, 0.6) is 0 Å². The second kappa shape index (κ2) is 5.93. The molecule has 98 valence electrons. The van der Waals surface area contributed by atoms with Crippen LogP contribution in [0.4, 0.5) is 13.2 Å². The Morgan fingerprint density at radius 1 is 1.56 bits per heavy atom. The van der Waals surface area contributed by atoms with Crippen LogP contribution in [0.1, 0.15) is 24.1 Å². The maximum atomic E-state index is 12.3. The van der Waals surface area contributed by atoms with Crippen LogP contribution < -0.4 is 0 Å². The molecule has 0 fully saturated rings. The zero-order chi connectivity index (χ0) is 13.8. The number of pyridine rings is 1. The van der Waals surface area contributed by atoms with Crippen LogP contribution >= 0.6 is 0 Å². The molecule has 0 aliphatic heterocycles. The third-order valence-electron chi connectivity index (χ3n) is 2.18. The van der Waals surface area contributed by atoms with Crippen molar-refractivity contribution in [3.8, 4) is 6.19 Å². The number of nitrogens with zero attached hydrogens (tertiary/aromatic N) is 3. The van der Waals surface area contributed by atoms with Crippen LogP contribution in [0.25, 0.3) is 0 Å². The molecule has 1 rings (SSSR count). The predicted octanol–water partition coefficient (Wildman–Crippen LogP) is 2.62. The van der Waals surface area contributed by atoms with Gasteiger partial charge < -0.3 is 4.55 Å². The summed E-state index contributed by atoms with van der Waals surface area (Å²) in [6.45, 7) is 1.68. The van der Waals surface area contributed by atoms with E-state index >= 15 is 0 Å². The van der Waals surface area contributed by atoms with Crippen molar-refractivity contribution in [2.75, 3.05) is 5.75 Å². The Kier molecular flexibility index (Phi) is 4.81.